The Morgan fingerprint density at radius 2 is 2.07 bits per heavy atom. The molecular weight excluding hydrogens is 195 g/mol. The maximum Gasteiger partial charge on any atom is 0.240 e. The highest BCUT2D eigenvalue weighted by Gasteiger charge is 2.31. The van der Waals surface area contributed by atoms with Crippen LogP contribution in [-0.2, 0) is 4.79 Å². The number of amides is 1. The van der Waals surface area contributed by atoms with Gasteiger partial charge in [0.25, 0.3) is 0 Å². The molecule has 2 atom stereocenters. The van der Waals surface area contributed by atoms with Gasteiger partial charge >= 0.3 is 0 Å². The van der Waals surface area contributed by atoms with Gasteiger partial charge in [-0.2, -0.15) is 0 Å². The van der Waals surface area contributed by atoms with Crippen LogP contribution in [-0.4, -0.2) is 42.7 Å². The van der Waals surface area contributed by atoms with Gasteiger partial charge in [0.2, 0.25) is 5.91 Å². The van der Waals surface area contributed by atoms with Crippen molar-refractivity contribution in [1.82, 2.24) is 10.2 Å². The fourth-order valence-electron chi connectivity index (χ4n) is 1.67. The van der Waals surface area contributed by atoms with Crippen LogP contribution in [0.4, 0.5) is 4.39 Å². The zero-order valence-electron chi connectivity index (χ0n) is 8.79. The van der Waals surface area contributed by atoms with E-state index in [1.165, 1.54) is 0 Å². The lowest BCUT2D eigenvalue weighted by Crippen LogP contribution is -2.43. The first-order chi connectivity index (χ1) is 7.19. The van der Waals surface area contributed by atoms with E-state index in [1.807, 2.05) is 0 Å². The number of nitrogens with one attached hydrogen (secondary N) is 1. The maximum atomic E-state index is 12.9. The number of hydrogen-bond acceptors (Lipinski definition) is 2. The van der Waals surface area contributed by atoms with Crippen molar-refractivity contribution in [3.05, 3.63) is 25.3 Å². The summed E-state index contributed by atoms with van der Waals surface area (Å²) >= 11 is 0. The molecular formula is C11H17FN2O. The Labute approximate surface area is 89.6 Å². The average molecular weight is 212 g/mol. The number of alkyl halides is 1. The van der Waals surface area contributed by atoms with E-state index in [1.54, 1.807) is 17.1 Å². The third kappa shape index (κ3) is 3.16. The predicted octanol–water partition coefficient (Wildman–Crippen LogP) is 0.887. The van der Waals surface area contributed by atoms with Crippen molar-refractivity contribution in [3.63, 3.8) is 0 Å². The molecule has 1 fully saturated rings. The molecule has 1 saturated heterocycles. The van der Waals surface area contributed by atoms with Crippen molar-refractivity contribution in [2.75, 3.05) is 19.6 Å². The van der Waals surface area contributed by atoms with Crippen molar-refractivity contribution in [2.45, 2.75) is 18.6 Å². The highest BCUT2D eigenvalue weighted by Crippen LogP contribution is 2.12. The second-order valence-corrected chi connectivity index (χ2v) is 3.61. The number of hydrogen-bond donors (Lipinski definition) is 1. The molecule has 0 bridgehead atoms. The first kappa shape index (κ1) is 11.9. The fraction of sp³-hybridized carbons (Fsp3) is 0.545. The van der Waals surface area contributed by atoms with Crippen LogP contribution in [0, 0.1) is 0 Å². The van der Waals surface area contributed by atoms with Gasteiger partial charge < -0.3 is 10.2 Å². The predicted molar refractivity (Wildman–Crippen MR) is 58.3 cm³/mol. The highest BCUT2D eigenvalue weighted by molar-refractivity contribution is 5.82. The monoisotopic (exact) mass is 212 g/mol. The molecule has 1 amide bonds. The Bertz CT molecular complexity index is 245. The molecule has 1 heterocycles. The zero-order valence-corrected chi connectivity index (χ0v) is 8.79. The Morgan fingerprint density at radius 3 is 2.47 bits per heavy atom. The molecule has 84 valence electrons. The van der Waals surface area contributed by atoms with Gasteiger partial charge in [-0.05, 0) is 0 Å². The van der Waals surface area contributed by atoms with Crippen molar-refractivity contribution in [3.8, 4) is 0 Å². The lowest BCUT2D eigenvalue weighted by atomic mass is 10.2. The maximum absolute atomic E-state index is 12.9. The van der Waals surface area contributed by atoms with E-state index in [0.29, 0.717) is 13.1 Å². The number of halogens is 1. The zero-order chi connectivity index (χ0) is 11.3. The standard InChI is InChI=1S/C11H17FN2O/c1-3-5-14(6-4-2)11(15)10-7-9(12)8-13-10/h3-4,9-10,13H,1-2,5-8H2/t9-,10+/m0/s1. The minimum absolute atomic E-state index is 0.0741. The van der Waals surface area contributed by atoms with Gasteiger partial charge in [-0.15, -0.1) is 13.2 Å². The van der Waals surface area contributed by atoms with E-state index in [-0.39, 0.29) is 24.9 Å². The van der Waals surface area contributed by atoms with E-state index in [9.17, 15) is 9.18 Å². The largest absolute Gasteiger partial charge is 0.334 e. The van der Waals surface area contributed by atoms with E-state index < -0.39 is 6.17 Å². The number of carbonyl (C=O) groups is 1. The summed E-state index contributed by atoms with van der Waals surface area (Å²) < 4.78 is 12.9. The minimum Gasteiger partial charge on any atom is -0.334 e. The van der Waals surface area contributed by atoms with Crippen molar-refractivity contribution in [2.24, 2.45) is 0 Å². The summed E-state index contributed by atoms with van der Waals surface area (Å²) in [7, 11) is 0. The minimum atomic E-state index is -0.909. The molecule has 1 N–H and O–H groups in total. The van der Waals surface area contributed by atoms with Crippen LogP contribution in [0.15, 0.2) is 25.3 Å². The Kier molecular flexibility index (Phi) is 4.49. The van der Waals surface area contributed by atoms with Gasteiger partial charge in [0.1, 0.15) is 6.17 Å². The van der Waals surface area contributed by atoms with Crippen LogP contribution in [0.25, 0.3) is 0 Å². The third-order valence-corrected chi connectivity index (χ3v) is 2.39. The lowest BCUT2D eigenvalue weighted by molar-refractivity contribution is -0.132. The molecule has 0 saturated carbocycles. The Hall–Kier alpha value is -1.16. The van der Waals surface area contributed by atoms with Gasteiger partial charge in [0.15, 0.2) is 0 Å². The summed E-state index contributed by atoms with van der Waals surface area (Å²) in [5.74, 6) is -0.0741. The van der Waals surface area contributed by atoms with Crippen LogP contribution in [0.1, 0.15) is 6.42 Å². The molecule has 0 aromatic rings. The highest BCUT2D eigenvalue weighted by atomic mass is 19.1. The van der Waals surface area contributed by atoms with Crippen molar-refractivity contribution in [1.29, 1.82) is 0 Å². The molecule has 0 aromatic heterocycles. The number of nitrogens with zero attached hydrogens (tertiary/aromatic N) is 1. The van der Waals surface area contributed by atoms with E-state index in [2.05, 4.69) is 18.5 Å². The SMILES string of the molecule is C=CCN(CC=C)C(=O)[C@H]1C[C@H](F)CN1. The Balaban J connectivity index is 2.54. The normalized spacial score (nSPS) is 24.9. The second kappa shape index (κ2) is 5.66. The number of rotatable bonds is 5. The van der Waals surface area contributed by atoms with E-state index >= 15 is 0 Å². The average Bonchev–Trinajstić information content (AvgIpc) is 2.63. The van der Waals surface area contributed by atoms with Crippen LogP contribution < -0.4 is 5.32 Å². The first-order valence-corrected chi connectivity index (χ1v) is 5.07. The summed E-state index contributed by atoms with van der Waals surface area (Å²) in [6, 6.07) is -0.389. The summed E-state index contributed by atoms with van der Waals surface area (Å²) in [5, 5.41) is 2.87. The van der Waals surface area contributed by atoms with Crippen LogP contribution >= 0.6 is 0 Å². The summed E-state index contributed by atoms with van der Waals surface area (Å²) in [5.41, 5.74) is 0. The third-order valence-electron chi connectivity index (χ3n) is 2.39. The fourth-order valence-corrected chi connectivity index (χ4v) is 1.67. The smallest absolute Gasteiger partial charge is 0.240 e. The summed E-state index contributed by atoms with van der Waals surface area (Å²) in [4.78, 5) is 13.5. The number of carbonyl (C=O) groups excluding carboxylic acids is 1. The summed E-state index contributed by atoms with van der Waals surface area (Å²) in [6.45, 7) is 8.38. The molecule has 0 radical (unpaired) electrons. The quantitative estimate of drug-likeness (QED) is 0.686. The Morgan fingerprint density at radius 1 is 1.47 bits per heavy atom. The summed E-state index contributed by atoms with van der Waals surface area (Å²) in [6.07, 6.45) is 2.67. The molecule has 15 heavy (non-hydrogen) atoms. The molecule has 1 aliphatic heterocycles. The first-order valence-electron chi connectivity index (χ1n) is 5.07. The topological polar surface area (TPSA) is 32.3 Å². The van der Waals surface area contributed by atoms with Gasteiger partial charge in [-0.1, -0.05) is 12.2 Å². The van der Waals surface area contributed by atoms with E-state index in [4.69, 9.17) is 0 Å². The molecule has 0 aliphatic carbocycles. The van der Waals surface area contributed by atoms with Crippen LogP contribution in [0.2, 0.25) is 0 Å². The molecule has 1 rings (SSSR count). The molecule has 0 aromatic carbocycles. The van der Waals surface area contributed by atoms with Gasteiger partial charge in [-0.25, -0.2) is 4.39 Å². The van der Waals surface area contributed by atoms with Crippen LogP contribution in [0.5, 0.6) is 0 Å². The van der Waals surface area contributed by atoms with E-state index in [0.717, 1.165) is 0 Å². The van der Waals surface area contributed by atoms with Gasteiger partial charge in [0.05, 0.1) is 6.04 Å². The second-order valence-electron chi connectivity index (χ2n) is 3.61. The molecule has 0 unspecified atom stereocenters. The van der Waals surface area contributed by atoms with Crippen molar-refractivity contribution >= 4 is 5.91 Å². The van der Waals surface area contributed by atoms with Gasteiger partial charge in [0, 0.05) is 26.1 Å². The lowest BCUT2D eigenvalue weighted by Gasteiger charge is -2.22. The van der Waals surface area contributed by atoms with Gasteiger partial charge in [-0.3, -0.25) is 4.79 Å². The molecule has 1 aliphatic rings. The molecule has 0 spiro atoms. The molecule has 4 heteroatoms. The molecule has 3 nitrogen and oxygen atoms in total. The van der Waals surface area contributed by atoms with Crippen molar-refractivity contribution < 1.29 is 9.18 Å². The van der Waals surface area contributed by atoms with Crippen LogP contribution in [0.3, 0.4) is 0 Å².